The number of rotatable bonds is 3. The van der Waals surface area contributed by atoms with Gasteiger partial charge in [-0.2, -0.15) is 13.2 Å². The Morgan fingerprint density at radius 3 is 2.38 bits per heavy atom. The molecule has 7 rings (SSSR count). The summed E-state index contributed by atoms with van der Waals surface area (Å²) in [5, 5.41) is 7.85. The maximum absolute atomic E-state index is 13.1. The van der Waals surface area contributed by atoms with Crippen LogP contribution in [0.3, 0.4) is 0 Å². The molecule has 2 amide bonds. The number of likely N-dealkylation sites (tertiary alicyclic amines) is 1. The molecular weight excluding hydrogens is 541 g/mol. The third-order valence-corrected chi connectivity index (χ3v) is 8.53. The first-order chi connectivity index (χ1) is 20.3. The van der Waals surface area contributed by atoms with E-state index in [1.807, 2.05) is 30.5 Å². The van der Waals surface area contributed by atoms with Crippen LogP contribution < -0.4 is 10.6 Å². The molecule has 0 bridgehead atoms. The normalized spacial score (nSPS) is 18.3. The van der Waals surface area contributed by atoms with Crippen molar-refractivity contribution in [2.45, 2.75) is 37.0 Å². The Morgan fingerprint density at radius 2 is 1.64 bits per heavy atom. The van der Waals surface area contributed by atoms with Gasteiger partial charge in [0.05, 0.1) is 29.0 Å². The number of aromatic amines is 2. The monoisotopic (exact) mass is 570 g/mol. The predicted octanol–water partition coefficient (Wildman–Crippen LogP) is 6.99. The Balaban J connectivity index is 1.13. The number of alkyl halides is 3. The van der Waals surface area contributed by atoms with Crippen LogP contribution in [0.25, 0.3) is 22.2 Å². The van der Waals surface area contributed by atoms with Gasteiger partial charge in [0, 0.05) is 35.4 Å². The van der Waals surface area contributed by atoms with Crippen LogP contribution in [0.1, 0.15) is 41.5 Å². The maximum Gasteiger partial charge on any atom is 0.416 e. The van der Waals surface area contributed by atoms with Crippen LogP contribution >= 0.6 is 0 Å². The molecule has 5 aromatic rings. The Morgan fingerprint density at radius 1 is 0.929 bits per heavy atom. The van der Waals surface area contributed by atoms with E-state index in [1.54, 1.807) is 4.90 Å². The van der Waals surface area contributed by atoms with Gasteiger partial charge in [-0.3, -0.25) is 5.32 Å². The maximum atomic E-state index is 13.1. The second-order valence-corrected chi connectivity index (χ2v) is 11.0. The largest absolute Gasteiger partial charge is 0.416 e. The smallest absolute Gasteiger partial charge is 0.357 e. The number of amides is 2. The average Bonchev–Trinajstić information content (AvgIpc) is 3.64. The number of aromatic nitrogens is 3. The molecule has 10 heteroatoms. The molecule has 1 fully saturated rings. The molecule has 1 spiro atoms. The van der Waals surface area contributed by atoms with Crippen LogP contribution in [0.4, 0.5) is 23.7 Å². The van der Waals surface area contributed by atoms with E-state index in [0.29, 0.717) is 31.6 Å². The first kappa shape index (κ1) is 26.3. The highest BCUT2D eigenvalue weighted by molar-refractivity contribution is 5.89. The van der Waals surface area contributed by atoms with Crippen LogP contribution in [0.5, 0.6) is 0 Å². The molecule has 1 atom stereocenters. The molecule has 2 aliphatic rings. The summed E-state index contributed by atoms with van der Waals surface area (Å²) in [4.78, 5) is 26.8. The van der Waals surface area contributed by atoms with Crippen LogP contribution in [0.15, 0.2) is 85.1 Å². The van der Waals surface area contributed by atoms with Crippen molar-refractivity contribution in [3.63, 3.8) is 0 Å². The van der Waals surface area contributed by atoms with Gasteiger partial charge in [0.2, 0.25) is 0 Å². The highest BCUT2D eigenvalue weighted by Gasteiger charge is 2.45. The van der Waals surface area contributed by atoms with Crippen molar-refractivity contribution in [2.24, 2.45) is 0 Å². The lowest BCUT2D eigenvalue weighted by Crippen LogP contribution is -2.56. The van der Waals surface area contributed by atoms with Crippen LogP contribution in [0.2, 0.25) is 0 Å². The number of halogens is 3. The fraction of sp³-hybridized carbons (Fsp3) is 0.250. The number of hydrogen-bond donors (Lipinski definition) is 4. The standard InChI is InChI=1S/C32H29F3N6O/c33-32(34,35)21-10-12-22(13-11-21)37-30(42)41-16-14-31(15-17-41)28-24(23-8-4-5-9-25(23)38-28)18-26(40-31)29-36-19-27(39-29)20-6-2-1-3-7-20/h1-13,19,26,38,40H,14-18H2,(H,36,39)(H,37,42)/t26-/m1/s1. The van der Waals surface area contributed by atoms with Gasteiger partial charge in [0.25, 0.3) is 0 Å². The van der Waals surface area contributed by atoms with Crippen molar-refractivity contribution in [1.82, 2.24) is 25.2 Å². The Bertz CT molecular complexity index is 1730. The lowest BCUT2D eigenvalue weighted by Gasteiger charge is -2.47. The van der Waals surface area contributed by atoms with Crippen molar-refractivity contribution >= 4 is 22.6 Å². The number of H-pyrrole nitrogens is 2. The second kappa shape index (κ2) is 10.1. The molecule has 0 saturated carbocycles. The minimum atomic E-state index is -4.42. The van der Waals surface area contributed by atoms with Gasteiger partial charge < -0.3 is 20.2 Å². The third kappa shape index (κ3) is 4.71. The summed E-state index contributed by atoms with van der Waals surface area (Å²) >= 11 is 0. The molecule has 42 heavy (non-hydrogen) atoms. The second-order valence-electron chi connectivity index (χ2n) is 11.0. The topological polar surface area (TPSA) is 88.8 Å². The van der Waals surface area contributed by atoms with Gasteiger partial charge in [-0.1, -0.05) is 48.5 Å². The van der Waals surface area contributed by atoms with Gasteiger partial charge in [-0.05, 0) is 60.7 Å². The van der Waals surface area contributed by atoms with E-state index in [4.69, 9.17) is 4.98 Å². The Kier molecular flexibility index (Phi) is 6.31. The van der Waals surface area contributed by atoms with Crippen LogP contribution in [-0.2, 0) is 18.1 Å². The number of urea groups is 1. The van der Waals surface area contributed by atoms with E-state index >= 15 is 0 Å². The average molecular weight is 571 g/mol. The number of para-hydroxylation sites is 1. The quantitative estimate of drug-likeness (QED) is 0.189. The first-order valence-electron chi connectivity index (χ1n) is 14.0. The summed E-state index contributed by atoms with van der Waals surface area (Å²) < 4.78 is 38.8. The third-order valence-electron chi connectivity index (χ3n) is 8.53. The molecule has 214 valence electrons. The Hall–Kier alpha value is -4.57. The van der Waals surface area contributed by atoms with E-state index in [9.17, 15) is 18.0 Å². The highest BCUT2D eigenvalue weighted by atomic mass is 19.4. The molecule has 0 aliphatic carbocycles. The van der Waals surface area contributed by atoms with Gasteiger partial charge >= 0.3 is 12.2 Å². The number of piperidine rings is 1. The minimum Gasteiger partial charge on any atom is -0.357 e. The van der Waals surface area contributed by atoms with Crippen LogP contribution in [-0.4, -0.2) is 39.0 Å². The highest BCUT2D eigenvalue weighted by Crippen LogP contribution is 2.44. The molecule has 4 N–H and O–H groups in total. The number of nitrogens with zero attached hydrogens (tertiary/aromatic N) is 2. The number of fused-ring (bicyclic) bond motifs is 4. The van der Waals surface area contributed by atoms with Gasteiger partial charge in [0.1, 0.15) is 5.82 Å². The molecule has 2 aliphatic heterocycles. The number of benzene rings is 3. The van der Waals surface area contributed by atoms with Crippen molar-refractivity contribution in [3.8, 4) is 11.3 Å². The van der Waals surface area contributed by atoms with Crippen molar-refractivity contribution in [1.29, 1.82) is 0 Å². The summed E-state index contributed by atoms with van der Waals surface area (Å²) in [7, 11) is 0. The zero-order chi connectivity index (χ0) is 28.9. The lowest BCUT2D eigenvalue weighted by atomic mass is 9.77. The van der Waals surface area contributed by atoms with E-state index in [0.717, 1.165) is 46.8 Å². The molecule has 2 aromatic heterocycles. The number of hydrogen-bond acceptors (Lipinski definition) is 3. The van der Waals surface area contributed by atoms with Gasteiger partial charge in [-0.15, -0.1) is 0 Å². The van der Waals surface area contributed by atoms with Gasteiger partial charge in [-0.25, -0.2) is 9.78 Å². The summed E-state index contributed by atoms with van der Waals surface area (Å²) in [5.74, 6) is 0.867. The van der Waals surface area contributed by atoms with E-state index < -0.39 is 17.3 Å². The number of carbonyl (C=O) groups excluding carboxylic acids is 1. The van der Waals surface area contributed by atoms with E-state index in [2.05, 4.69) is 50.9 Å². The zero-order valence-corrected chi connectivity index (χ0v) is 22.6. The summed E-state index contributed by atoms with van der Waals surface area (Å²) in [6, 6.07) is 22.5. The molecule has 7 nitrogen and oxygen atoms in total. The number of imidazole rings is 1. The lowest BCUT2D eigenvalue weighted by molar-refractivity contribution is -0.137. The number of carbonyl (C=O) groups is 1. The summed E-state index contributed by atoms with van der Waals surface area (Å²) in [6.07, 6.45) is -0.459. The zero-order valence-electron chi connectivity index (χ0n) is 22.6. The first-order valence-corrected chi connectivity index (χ1v) is 14.0. The molecular formula is C32H29F3N6O. The minimum absolute atomic E-state index is 0.0540. The SMILES string of the molecule is O=C(Nc1ccc(C(F)(F)F)cc1)N1CCC2(CC1)N[C@@H](c1ncc(-c3ccccc3)[nH]1)Cc1c2[nH]c2ccccc12. The summed E-state index contributed by atoms with van der Waals surface area (Å²) in [5.41, 5.74) is 4.70. The van der Waals surface area contributed by atoms with E-state index in [1.165, 1.54) is 23.1 Å². The fourth-order valence-electron chi connectivity index (χ4n) is 6.36. The van der Waals surface area contributed by atoms with Crippen LogP contribution in [0, 0.1) is 0 Å². The molecule has 4 heterocycles. The Labute approximate surface area is 240 Å². The molecule has 0 unspecified atom stereocenters. The fourth-order valence-corrected chi connectivity index (χ4v) is 6.36. The molecule has 1 saturated heterocycles. The number of anilines is 1. The van der Waals surface area contributed by atoms with E-state index in [-0.39, 0.29) is 12.1 Å². The van der Waals surface area contributed by atoms with Gasteiger partial charge in [0.15, 0.2) is 0 Å². The number of nitrogens with one attached hydrogen (secondary N) is 4. The molecule has 3 aromatic carbocycles. The van der Waals surface area contributed by atoms with Crippen molar-refractivity contribution in [2.75, 3.05) is 18.4 Å². The predicted molar refractivity (Wildman–Crippen MR) is 155 cm³/mol. The van der Waals surface area contributed by atoms with Crippen molar-refractivity contribution < 1.29 is 18.0 Å². The van der Waals surface area contributed by atoms with Crippen molar-refractivity contribution in [3.05, 3.63) is 108 Å². The molecule has 0 radical (unpaired) electrons. The summed E-state index contributed by atoms with van der Waals surface area (Å²) in [6.45, 7) is 0.961.